The largest absolute Gasteiger partial charge is 0.398 e. The minimum atomic E-state index is -3.50. The molecule has 0 atom stereocenters. The van der Waals surface area contributed by atoms with E-state index in [0.717, 1.165) is 12.0 Å². The van der Waals surface area contributed by atoms with E-state index in [1.165, 1.54) is 10.4 Å². The van der Waals surface area contributed by atoms with Crippen molar-refractivity contribution in [2.45, 2.75) is 37.2 Å². The van der Waals surface area contributed by atoms with E-state index in [1.807, 2.05) is 6.92 Å². The molecule has 1 fully saturated rings. The maximum absolute atomic E-state index is 12.4. The average molecular weight is 298 g/mol. The lowest BCUT2D eigenvalue weighted by Crippen LogP contribution is -2.39. The van der Waals surface area contributed by atoms with E-state index in [1.54, 1.807) is 19.2 Å². The highest BCUT2D eigenvalue weighted by molar-refractivity contribution is 7.89. The van der Waals surface area contributed by atoms with Gasteiger partial charge in [-0.15, -0.1) is 0 Å². The van der Waals surface area contributed by atoms with Gasteiger partial charge in [0.15, 0.2) is 0 Å². The molecule has 1 aliphatic rings. The Bertz CT molecular complexity index is 580. The summed E-state index contributed by atoms with van der Waals surface area (Å²) < 4.78 is 26.2. The Morgan fingerprint density at radius 3 is 2.55 bits per heavy atom. The minimum absolute atomic E-state index is 0.231. The molecule has 0 radical (unpaired) electrons. The van der Waals surface area contributed by atoms with E-state index in [2.05, 4.69) is 0 Å². The molecule has 112 valence electrons. The van der Waals surface area contributed by atoms with Gasteiger partial charge in [-0.2, -0.15) is 0 Å². The molecule has 0 bridgehead atoms. The van der Waals surface area contributed by atoms with Gasteiger partial charge in [-0.05, 0) is 42.9 Å². The van der Waals surface area contributed by atoms with Gasteiger partial charge >= 0.3 is 0 Å². The third kappa shape index (κ3) is 2.97. The van der Waals surface area contributed by atoms with E-state index >= 15 is 0 Å². The van der Waals surface area contributed by atoms with Crippen LogP contribution >= 0.6 is 0 Å². The molecule has 1 aliphatic carbocycles. The van der Waals surface area contributed by atoms with Crippen LogP contribution in [0.5, 0.6) is 0 Å². The number of benzene rings is 1. The number of aliphatic hydroxyl groups is 1. The summed E-state index contributed by atoms with van der Waals surface area (Å²) in [5, 5.41) is 9.26. The molecule has 0 aliphatic heterocycles. The minimum Gasteiger partial charge on any atom is -0.398 e. The molecule has 0 unspecified atom stereocenters. The smallest absolute Gasteiger partial charge is 0.242 e. The van der Waals surface area contributed by atoms with E-state index in [0.29, 0.717) is 25.1 Å². The topological polar surface area (TPSA) is 83.6 Å². The fourth-order valence-electron chi connectivity index (χ4n) is 2.55. The average Bonchev–Trinajstić information content (AvgIpc) is 2.36. The Balaban J connectivity index is 2.14. The zero-order chi connectivity index (χ0) is 14.9. The third-order valence-electron chi connectivity index (χ3n) is 3.93. The molecule has 1 aromatic rings. The first-order valence-electron chi connectivity index (χ1n) is 6.87. The van der Waals surface area contributed by atoms with Crippen molar-refractivity contribution in [1.82, 2.24) is 4.31 Å². The number of rotatable bonds is 5. The van der Waals surface area contributed by atoms with Gasteiger partial charge in [-0.1, -0.05) is 13.0 Å². The van der Waals surface area contributed by atoms with Gasteiger partial charge in [0.25, 0.3) is 0 Å². The standard InChI is InChI=1S/C14H22N2O3S/c1-3-11-4-5-13(8-14(11)15)20(18,19)16(2)9-10-6-12(17)7-10/h4-5,8,10,12,17H,3,6-7,9,15H2,1-2H3. The van der Waals surface area contributed by atoms with Crippen molar-refractivity contribution in [1.29, 1.82) is 0 Å². The summed E-state index contributed by atoms with van der Waals surface area (Å²) in [6, 6.07) is 4.90. The lowest BCUT2D eigenvalue weighted by atomic mass is 9.82. The van der Waals surface area contributed by atoms with Gasteiger partial charge in [0.1, 0.15) is 0 Å². The SMILES string of the molecule is CCc1ccc(S(=O)(=O)N(C)CC2CC(O)C2)cc1N. The lowest BCUT2D eigenvalue weighted by Gasteiger charge is -2.34. The fraction of sp³-hybridized carbons (Fsp3) is 0.571. The quantitative estimate of drug-likeness (QED) is 0.801. The number of sulfonamides is 1. The van der Waals surface area contributed by atoms with Gasteiger partial charge in [0, 0.05) is 19.3 Å². The number of nitrogen functional groups attached to an aromatic ring is 1. The van der Waals surface area contributed by atoms with E-state index in [9.17, 15) is 13.5 Å². The summed E-state index contributed by atoms with van der Waals surface area (Å²) in [5.41, 5.74) is 7.34. The number of hydrogen-bond donors (Lipinski definition) is 2. The molecular formula is C14H22N2O3S. The van der Waals surface area contributed by atoms with Gasteiger partial charge in [0.2, 0.25) is 10.0 Å². The molecule has 3 N–H and O–H groups in total. The molecule has 20 heavy (non-hydrogen) atoms. The van der Waals surface area contributed by atoms with E-state index in [-0.39, 0.29) is 16.9 Å². The van der Waals surface area contributed by atoms with Crippen molar-refractivity contribution in [2.75, 3.05) is 19.3 Å². The first-order valence-corrected chi connectivity index (χ1v) is 8.31. The molecule has 1 aromatic carbocycles. The summed E-state index contributed by atoms with van der Waals surface area (Å²) in [7, 11) is -1.93. The van der Waals surface area contributed by atoms with Crippen molar-refractivity contribution in [3.63, 3.8) is 0 Å². The van der Waals surface area contributed by atoms with Crippen LogP contribution in [-0.4, -0.2) is 37.5 Å². The molecule has 5 nitrogen and oxygen atoms in total. The first-order chi connectivity index (χ1) is 9.34. The number of hydrogen-bond acceptors (Lipinski definition) is 4. The highest BCUT2D eigenvalue weighted by Crippen LogP contribution is 2.29. The predicted molar refractivity (Wildman–Crippen MR) is 78.8 cm³/mol. The summed E-state index contributed by atoms with van der Waals surface area (Å²) >= 11 is 0. The number of nitrogens with two attached hydrogens (primary N) is 1. The second kappa shape index (κ2) is 5.71. The Labute approximate surface area is 120 Å². The van der Waals surface area contributed by atoms with Crippen molar-refractivity contribution in [3.8, 4) is 0 Å². The second-order valence-electron chi connectivity index (χ2n) is 5.49. The van der Waals surface area contributed by atoms with Gasteiger partial charge in [-0.25, -0.2) is 12.7 Å². The second-order valence-corrected chi connectivity index (χ2v) is 7.54. The van der Waals surface area contributed by atoms with Crippen molar-refractivity contribution in [3.05, 3.63) is 23.8 Å². The molecular weight excluding hydrogens is 276 g/mol. The summed E-state index contributed by atoms with van der Waals surface area (Å²) in [5.74, 6) is 0.247. The zero-order valence-corrected chi connectivity index (χ0v) is 12.7. The summed E-state index contributed by atoms with van der Waals surface area (Å²) in [4.78, 5) is 0.231. The normalized spacial score (nSPS) is 22.8. The maximum Gasteiger partial charge on any atom is 0.242 e. The number of nitrogens with zero attached hydrogens (tertiary/aromatic N) is 1. The molecule has 0 heterocycles. The van der Waals surface area contributed by atoms with Crippen LogP contribution in [0.15, 0.2) is 23.1 Å². The van der Waals surface area contributed by atoms with Crippen LogP contribution in [-0.2, 0) is 16.4 Å². The van der Waals surface area contributed by atoms with Crippen LogP contribution in [0.2, 0.25) is 0 Å². The lowest BCUT2D eigenvalue weighted by molar-refractivity contribution is 0.0367. The summed E-state index contributed by atoms with van der Waals surface area (Å²) in [6.07, 6.45) is 1.87. The fourth-order valence-corrected chi connectivity index (χ4v) is 3.83. The Morgan fingerprint density at radius 2 is 2.05 bits per heavy atom. The van der Waals surface area contributed by atoms with E-state index in [4.69, 9.17) is 5.73 Å². The third-order valence-corrected chi connectivity index (χ3v) is 5.75. The Kier molecular flexibility index (Phi) is 4.36. The Hall–Kier alpha value is -1.11. The van der Waals surface area contributed by atoms with Gasteiger partial charge in [-0.3, -0.25) is 0 Å². The van der Waals surface area contributed by atoms with Gasteiger partial charge < -0.3 is 10.8 Å². The molecule has 1 saturated carbocycles. The summed E-state index contributed by atoms with van der Waals surface area (Å²) in [6.45, 7) is 2.42. The highest BCUT2D eigenvalue weighted by Gasteiger charge is 2.31. The van der Waals surface area contributed by atoms with Crippen LogP contribution in [0, 0.1) is 5.92 Å². The van der Waals surface area contributed by atoms with Gasteiger partial charge in [0.05, 0.1) is 11.0 Å². The van der Waals surface area contributed by atoms with Crippen LogP contribution in [0.3, 0.4) is 0 Å². The van der Waals surface area contributed by atoms with Crippen molar-refractivity contribution >= 4 is 15.7 Å². The monoisotopic (exact) mass is 298 g/mol. The van der Waals surface area contributed by atoms with Crippen molar-refractivity contribution in [2.24, 2.45) is 5.92 Å². The van der Waals surface area contributed by atoms with Crippen LogP contribution in [0.25, 0.3) is 0 Å². The Morgan fingerprint density at radius 1 is 1.40 bits per heavy atom. The van der Waals surface area contributed by atoms with E-state index < -0.39 is 10.0 Å². The maximum atomic E-state index is 12.4. The number of anilines is 1. The molecule has 0 amide bonds. The van der Waals surface area contributed by atoms with Crippen LogP contribution in [0.1, 0.15) is 25.3 Å². The molecule has 0 spiro atoms. The predicted octanol–water partition coefficient (Wildman–Crippen LogP) is 1.22. The highest BCUT2D eigenvalue weighted by atomic mass is 32.2. The van der Waals surface area contributed by atoms with Crippen LogP contribution < -0.4 is 5.73 Å². The van der Waals surface area contributed by atoms with Crippen molar-refractivity contribution < 1.29 is 13.5 Å². The molecule has 0 aromatic heterocycles. The molecule has 0 saturated heterocycles. The molecule has 2 rings (SSSR count). The molecule has 6 heteroatoms. The van der Waals surface area contributed by atoms with Crippen LogP contribution in [0.4, 0.5) is 5.69 Å². The number of aryl methyl sites for hydroxylation is 1. The number of aliphatic hydroxyl groups excluding tert-OH is 1. The zero-order valence-electron chi connectivity index (χ0n) is 11.9. The first kappa shape index (κ1) is 15.3.